The van der Waals surface area contributed by atoms with E-state index in [1.54, 1.807) is 0 Å². The van der Waals surface area contributed by atoms with E-state index in [9.17, 15) is 0 Å². The second-order valence-electron chi connectivity index (χ2n) is 4.92. The summed E-state index contributed by atoms with van der Waals surface area (Å²) >= 11 is -1.98. The Labute approximate surface area is 149 Å². The van der Waals surface area contributed by atoms with Crippen LogP contribution in [-0.4, -0.2) is 30.8 Å². The molecular formula is C21H17O2Sn. The minimum atomic E-state index is -1.98. The molecule has 0 bridgehead atoms. The normalized spacial score (nSPS) is 9.50. The standard InChI is InChI=1S/3C6H5.C3H2O2.Sn/c3*1-2-4-6-5-3-1;1-2-3(4)5;/h3*1-5H;1H,(H,4,5);. The van der Waals surface area contributed by atoms with Crippen LogP contribution in [0.5, 0.6) is 0 Å². The molecule has 0 atom stereocenters. The second kappa shape index (κ2) is 9.59. The second-order valence-corrected chi connectivity index (χ2v) is 12.0. The molecule has 0 saturated heterocycles. The fraction of sp³-hybridized carbons (Fsp3) is 0. The van der Waals surface area contributed by atoms with Crippen molar-refractivity contribution in [3.8, 4) is 12.3 Å². The molecule has 0 aliphatic heterocycles. The van der Waals surface area contributed by atoms with E-state index in [1.807, 2.05) is 0 Å². The summed E-state index contributed by atoms with van der Waals surface area (Å²) in [5.41, 5.74) is 0. The number of aliphatic carboxylic acids is 1. The number of carbonyl (C=O) groups is 1. The van der Waals surface area contributed by atoms with Gasteiger partial charge in [0.2, 0.25) is 0 Å². The van der Waals surface area contributed by atoms with Crippen LogP contribution in [0.3, 0.4) is 0 Å². The molecule has 0 saturated carbocycles. The molecule has 3 rings (SSSR count). The van der Waals surface area contributed by atoms with Gasteiger partial charge >= 0.3 is 127 Å². The van der Waals surface area contributed by atoms with Crippen molar-refractivity contribution in [2.24, 2.45) is 0 Å². The summed E-state index contributed by atoms with van der Waals surface area (Å²) in [4.78, 5) is 9.13. The van der Waals surface area contributed by atoms with Crippen molar-refractivity contribution < 1.29 is 9.90 Å². The number of benzene rings is 3. The van der Waals surface area contributed by atoms with Gasteiger partial charge in [-0.2, -0.15) is 0 Å². The van der Waals surface area contributed by atoms with E-state index in [-0.39, 0.29) is 0 Å². The fourth-order valence-electron chi connectivity index (χ4n) is 2.31. The van der Waals surface area contributed by atoms with Gasteiger partial charge in [-0.3, -0.25) is 0 Å². The Balaban J connectivity index is 0.000000368. The molecule has 1 radical (unpaired) electrons. The van der Waals surface area contributed by atoms with Crippen molar-refractivity contribution >= 4 is 36.5 Å². The summed E-state index contributed by atoms with van der Waals surface area (Å²) in [5.74, 6) is 0.227. The van der Waals surface area contributed by atoms with Crippen LogP contribution >= 0.6 is 0 Å². The Kier molecular flexibility index (Phi) is 7.13. The number of hydrogen-bond acceptors (Lipinski definition) is 1. The minimum absolute atomic E-state index is 1.22. The van der Waals surface area contributed by atoms with Crippen molar-refractivity contribution in [1.82, 2.24) is 0 Å². The summed E-state index contributed by atoms with van der Waals surface area (Å²) < 4.78 is 4.59. The zero-order valence-corrected chi connectivity index (χ0v) is 15.9. The van der Waals surface area contributed by atoms with Crippen LogP contribution < -0.4 is 10.7 Å². The topological polar surface area (TPSA) is 37.3 Å². The van der Waals surface area contributed by atoms with Gasteiger partial charge in [0.25, 0.3) is 0 Å². The summed E-state index contributed by atoms with van der Waals surface area (Å²) in [6.45, 7) is 0. The predicted molar refractivity (Wildman–Crippen MR) is 100 cm³/mol. The van der Waals surface area contributed by atoms with Crippen LogP contribution in [-0.2, 0) is 4.79 Å². The molecule has 0 amide bonds. The molecule has 3 heteroatoms. The molecule has 0 aliphatic carbocycles. The Morgan fingerprint density at radius 2 is 0.958 bits per heavy atom. The molecule has 117 valence electrons. The molecule has 0 heterocycles. The molecule has 2 nitrogen and oxygen atoms in total. The third-order valence-electron chi connectivity index (χ3n) is 3.31. The summed E-state index contributed by atoms with van der Waals surface area (Å²) in [6, 6.07) is 32.9. The van der Waals surface area contributed by atoms with Gasteiger partial charge in [-0.05, 0) is 0 Å². The van der Waals surface area contributed by atoms with Crippen molar-refractivity contribution in [1.29, 1.82) is 0 Å². The summed E-state index contributed by atoms with van der Waals surface area (Å²) in [7, 11) is 0. The molecule has 3 aromatic rings. The van der Waals surface area contributed by atoms with Crippen LogP contribution in [0, 0.1) is 12.3 Å². The molecule has 0 unspecified atom stereocenters. The van der Waals surface area contributed by atoms with E-state index in [2.05, 4.69) is 97.4 Å². The van der Waals surface area contributed by atoms with Crippen molar-refractivity contribution in [2.75, 3.05) is 0 Å². The molecule has 1 N–H and O–H groups in total. The molecule has 0 fully saturated rings. The monoisotopic (exact) mass is 421 g/mol. The van der Waals surface area contributed by atoms with Crippen LogP contribution in [0.1, 0.15) is 0 Å². The molecule has 24 heavy (non-hydrogen) atoms. The zero-order valence-electron chi connectivity index (χ0n) is 13.1. The van der Waals surface area contributed by atoms with E-state index in [0.29, 0.717) is 0 Å². The molecule has 0 aromatic heterocycles. The first kappa shape index (κ1) is 17.8. The van der Waals surface area contributed by atoms with E-state index in [4.69, 9.17) is 9.90 Å². The Morgan fingerprint density at radius 1 is 0.708 bits per heavy atom. The van der Waals surface area contributed by atoms with E-state index >= 15 is 0 Å². The number of carboxylic acid groups (broad SMARTS) is 1. The van der Waals surface area contributed by atoms with Gasteiger partial charge in [0.15, 0.2) is 0 Å². The van der Waals surface area contributed by atoms with Crippen molar-refractivity contribution in [3.05, 3.63) is 91.0 Å². The maximum absolute atomic E-state index is 9.13. The maximum atomic E-state index is 9.13. The van der Waals surface area contributed by atoms with Gasteiger partial charge in [0, 0.05) is 5.92 Å². The molecule has 3 aromatic carbocycles. The molecule has 0 aliphatic rings. The van der Waals surface area contributed by atoms with E-state index in [0.717, 1.165) is 0 Å². The van der Waals surface area contributed by atoms with Gasteiger partial charge < -0.3 is 5.11 Å². The first-order valence-electron chi connectivity index (χ1n) is 7.45. The predicted octanol–water partition coefficient (Wildman–Crippen LogP) is 1.91. The van der Waals surface area contributed by atoms with Crippen LogP contribution in [0.2, 0.25) is 0 Å². The van der Waals surface area contributed by atoms with E-state index < -0.39 is 25.7 Å². The van der Waals surface area contributed by atoms with Gasteiger partial charge in [-0.25, -0.2) is 4.79 Å². The number of rotatable bonds is 3. The third kappa shape index (κ3) is 5.29. The van der Waals surface area contributed by atoms with Crippen LogP contribution in [0.15, 0.2) is 91.0 Å². The van der Waals surface area contributed by atoms with Crippen molar-refractivity contribution in [2.45, 2.75) is 0 Å². The van der Waals surface area contributed by atoms with Crippen LogP contribution in [0.25, 0.3) is 0 Å². The van der Waals surface area contributed by atoms with Gasteiger partial charge in [0.1, 0.15) is 0 Å². The van der Waals surface area contributed by atoms with Gasteiger partial charge in [0.05, 0.1) is 0 Å². The summed E-state index contributed by atoms with van der Waals surface area (Å²) in [6.07, 6.45) is 4.32. The molecule has 0 spiro atoms. The SMILES string of the molecule is C#CC(=O)O.c1cc[c]([Sn]([c]2ccccc2)[c]2ccccc2)cc1. The van der Waals surface area contributed by atoms with Crippen LogP contribution in [0.4, 0.5) is 0 Å². The Morgan fingerprint density at radius 3 is 1.17 bits per heavy atom. The average Bonchev–Trinajstić information content (AvgIpc) is 2.65. The van der Waals surface area contributed by atoms with Gasteiger partial charge in [-0.15, -0.1) is 6.42 Å². The quantitative estimate of drug-likeness (QED) is 0.520. The Bertz CT molecular complexity index is 700. The average molecular weight is 420 g/mol. The third-order valence-corrected chi connectivity index (χ3v) is 11.1. The van der Waals surface area contributed by atoms with Gasteiger partial charge in [-0.1, -0.05) is 0 Å². The number of carboxylic acids is 1. The van der Waals surface area contributed by atoms with E-state index in [1.165, 1.54) is 16.7 Å². The first-order valence-corrected chi connectivity index (χ1v) is 11.7. The first-order chi connectivity index (χ1) is 11.7. The Hall–Kier alpha value is -2.51. The number of terminal acetylenes is 1. The summed E-state index contributed by atoms with van der Waals surface area (Å²) in [5, 5.41) is 7.49. The zero-order chi connectivity index (χ0) is 17.2. The molecular weight excluding hydrogens is 403 g/mol. The van der Waals surface area contributed by atoms with Crippen molar-refractivity contribution in [3.63, 3.8) is 0 Å². The number of hydrogen-bond donors (Lipinski definition) is 1. The fourth-order valence-corrected chi connectivity index (χ4v) is 9.67.